The van der Waals surface area contributed by atoms with E-state index in [4.69, 9.17) is 0 Å². The molecule has 0 bridgehead atoms. The monoisotopic (exact) mass is 338 g/mol. The summed E-state index contributed by atoms with van der Waals surface area (Å²) in [5.41, 5.74) is 0. The fourth-order valence-electron chi connectivity index (χ4n) is 3.83. The van der Waals surface area contributed by atoms with Crippen LogP contribution in [-0.4, -0.2) is 67.7 Å². The van der Waals surface area contributed by atoms with Crippen LogP contribution in [0.2, 0.25) is 0 Å². The molecule has 2 heterocycles. The predicted octanol–water partition coefficient (Wildman–Crippen LogP) is 2.67. The third-order valence-electron chi connectivity index (χ3n) is 5.66. The molecular weight excluding hydrogens is 300 g/mol. The molecule has 0 aromatic heterocycles. The van der Waals surface area contributed by atoms with Crippen LogP contribution < -0.4 is 10.6 Å². The summed E-state index contributed by atoms with van der Waals surface area (Å²) in [6, 6.07) is 0.708. The van der Waals surface area contributed by atoms with E-state index < -0.39 is 0 Å². The molecule has 140 valence electrons. The number of urea groups is 1. The zero-order chi connectivity index (χ0) is 17.2. The van der Waals surface area contributed by atoms with Crippen LogP contribution in [0.1, 0.15) is 58.8 Å². The molecule has 2 amide bonds. The average molecular weight is 339 g/mol. The third kappa shape index (κ3) is 7.39. The minimum Gasteiger partial charge on any atom is -0.338 e. The smallest absolute Gasteiger partial charge is 0.314 e. The van der Waals surface area contributed by atoms with E-state index in [-0.39, 0.29) is 6.03 Å². The van der Waals surface area contributed by atoms with E-state index in [1.807, 2.05) is 0 Å². The standard InChI is InChI=1S/C19H38N4O/c1-17-8-15-22(16-9-17)12-5-10-20-19(24)21-11-6-14-23-13-4-3-7-18(23)2/h17-18H,3-16H2,1-2H3,(H2,20,21,24). The number of carbonyl (C=O) groups is 1. The molecule has 0 spiro atoms. The topological polar surface area (TPSA) is 47.6 Å². The highest BCUT2D eigenvalue weighted by atomic mass is 16.2. The van der Waals surface area contributed by atoms with Gasteiger partial charge in [0, 0.05) is 25.7 Å². The number of nitrogens with zero attached hydrogens (tertiary/aromatic N) is 2. The van der Waals surface area contributed by atoms with Crippen molar-refractivity contribution in [2.75, 3.05) is 45.8 Å². The van der Waals surface area contributed by atoms with Gasteiger partial charge in [-0.15, -0.1) is 0 Å². The first-order chi connectivity index (χ1) is 11.6. The Labute approximate surface area is 148 Å². The number of nitrogens with one attached hydrogen (secondary N) is 2. The number of rotatable bonds is 8. The molecular formula is C19H38N4O. The molecule has 2 aliphatic rings. The van der Waals surface area contributed by atoms with E-state index in [1.165, 1.54) is 51.7 Å². The minimum atomic E-state index is -0.00559. The fraction of sp³-hybridized carbons (Fsp3) is 0.947. The van der Waals surface area contributed by atoms with Crippen molar-refractivity contribution >= 4 is 6.03 Å². The van der Waals surface area contributed by atoms with Gasteiger partial charge >= 0.3 is 6.03 Å². The van der Waals surface area contributed by atoms with Gasteiger partial charge in [-0.3, -0.25) is 0 Å². The number of carbonyl (C=O) groups excluding carboxylic acids is 1. The normalized spacial score (nSPS) is 24.0. The lowest BCUT2D eigenvalue weighted by molar-refractivity contribution is 0.159. The Morgan fingerprint density at radius 2 is 1.58 bits per heavy atom. The van der Waals surface area contributed by atoms with Crippen LogP contribution in [0.25, 0.3) is 0 Å². The Kier molecular flexibility index (Phi) is 8.89. The summed E-state index contributed by atoms with van der Waals surface area (Å²) in [5.74, 6) is 0.887. The van der Waals surface area contributed by atoms with Crippen molar-refractivity contribution in [3.05, 3.63) is 0 Å². The summed E-state index contributed by atoms with van der Waals surface area (Å²) in [5, 5.41) is 5.98. The number of amides is 2. The fourth-order valence-corrected chi connectivity index (χ4v) is 3.83. The second-order valence-electron chi connectivity index (χ2n) is 7.79. The molecule has 2 aliphatic heterocycles. The number of piperidine rings is 2. The van der Waals surface area contributed by atoms with Crippen LogP contribution in [-0.2, 0) is 0 Å². The molecule has 5 nitrogen and oxygen atoms in total. The Morgan fingerprint density at radius 1 is 0.917 bits per heavy atom. The number of hydrogen-bond donors (Lipinski definition) is 2. The lowest BCUT2D eigenvalue weighted by Gasteiger charge is -2.33. The quantitative estimate of drug-likeness (QED) is 0.669. The van der Waals surface area contributed by atoms with E-state index in [1.54, 1.807) is 0 Å². The van der Waals surface area contributed by atoms with Crippen molar-refractivity contribution in [1.82, 2.24) is 20.4 Å². The van der Waals surface area contributed by atoms with Crippen molar-refractivity contribution in [2.24, 2.45) is 5.92 Å². The van der Waals surface area contributed by atoms with Crippen molar-refractivity contribution < 1.29 is 4.79 Å². The third-order valence-corrected chi connectivity index (χ3v) is 5.66. The van der Waals surface area contributed by atoms with Crippen molar-refractivity contribution in [2.45, 2.75) is 64.8 Å². The molecule has 24 heavy (non-hydrogen) atoms. The van der Waals surface area contributed by atoms with E-state index >= 15 is 0 Å². The Morgan fingerprint density at radius 3 is 2.25 bits per heavy atom. The van der Waals surface area contributed by atoms with E-state index in [9.17, 15) is 4.79 Å². The van der Waals surface area contributed by atoms with E-state index in [0.717, 1.165) is 44.9 Å². The number of likely N-dealkylation sites (tertiary alicyclic amines) is 2. The highest BCUT2D eigenvalue weighted by Gasteiger charge is 2.17. The van der Waals surface area contributed by atoms with Gasteiger partial charge < -0.3 is 20.4 Å². The highest BCUT2D eigenvalue weighted by Crippen LogP contribution is 2.16. The van der Waals surface area contributed by atoms with Gasteiger partial charge in [0.15, 0.2) is 0 Å². The van der Waals surface area contributed by atoms with Gasteiger partial charge in [-0.2, -0.15) is 0 Å². The van der Waals surface area contributed by atoms with E-state index in [0.29, 0.717) is 6.04 Å². The lowest BCUT2D eigenvalue weighted by Crippen LogP contribution is -2.41. The molecule has 0 aromatic rings. The van der Waals surface area contributed by atoms with Crippen molar-refractivity contribution in [1.29, 1.82) is 0 Å². The first-order valence-electron chi connectivity index (χ1n) is 10.1. The van der Waals surface area contributed by atoms with Gasteiger partial charge in [0.1, 0.15) is 0 Å². The Balaban J connectivity index is 1.42. The van der Waals surface area contributed by atoms with Crippen LogP contribution in [0.4, 0.5) is 4.79 Å². The molecule has 2 fully saturated rings. The predicted molar refractivity (Wildman–Crippen MR) is 100 cm³/mol. The van der Waals surface area contributed by atoms with Crippen LogP contribution in [0.3, 0.4) is 0 Å². The second-order valence-corrected chi connectivity index (χ2v) is 7.79. The van der Waals surface area contributed by atoms with Gasteiger partial charge in [-0.05, 0) is 77.5 Å². The molecule has 2 N–H and O–H groups in total. The van der Waals surface area contributed by atoms with Crippen LogP contribution >= 0.6 is 0 Å². The Bertz CT molecular complexity index is 355. The highest BCUT2D eigenvalue weighted by molar-refractivity contribution is 5.73. The molecule has 1 unspecified atom stereocenters. The SMILES string of the molecule is CC1CCN(CCCNC(=O)NCCCN2CCCCC2C)CC1. The van der Waals surface area contributed by atoms with E-state index in [2.05, 4.69) is 34.3 Å². The average Bonchev–Trinajstić information content (AvgIpc) is 2.58. The lowest BCUT2D eigenvalue weighted by atomic mass is 9.99. The maximum atomic E-state index is 11.8. The maximum Gasteiger partial charge on any atom is 0.314 e. The maximum absolute atomic E-state index is 11.8. The molecule has 0 radical (unpaired) electrons. The molecule has 1 atom stereocenters. The van der Waals surface area contributed by atoms with Gasteiger partial charge in [0.2, 0.25) is 0 Å². The van der Waals surface area contributed by atoms with Crippen LogP contribution in [0.5, 0.6) is 0 Å². The van der Waals surface area contributed by atoms with Gasteiger partial charge in [0.05, 0.1) is 0 Å². The summed E-state index contributed by atoms with van der Waals surface area (Å²) >= 11 is 0. The van der Waals surface area contributed by atoms with Gasteiger partial charge in [0.25, 0.3) is 0 Å². The zero-order valence-electron chi connectivity index (χ0n) is 15.9. The van der Waals surface area contributed by atoms with Gasteiger partial charge in [-0.25, -0.2) is 4.79 Å². The summed E-state index contributed by atoms with van der Waals surface area (Å²) < 4.78 is 0. The largest absolute Gasteiger partial charge is 0.338 e. The molecule has 0 aromatic carbocycles. The molecule has 2 rings (SSSR count). The summed E-state index contributed by atoms with van der Waals surface area (Å²) in [6.45, 7) is 12.1. The molecule has 0 aliphatic carbocycles. The van der Waals surface area contributed by atoms with Crippen molar-refractivity contribution in [3.63, 3.8) is 0 Å². The first kappa shape index (κ1) is 19.5. The molecule has 5 heteroatoms. The second kappa shape index (κ2) is 10.9. The summed E-state index contributed by atoms with van der Waals surface area (Å²) in [7, 11) is 0. The minimum absolute atomic E-state index is 0.00559. The summed E-state index contributed by atoms with van der Waals surface area (Å²) in [6.07, 6.45) is 8.76. The zero-order valence-corrected chi connectivity index (χ0v) is 15.9. The first-order valence-corrected chi connectivity index (χ1v) is 10.1. The van der Waals surface area contributed by atoms with Gasteiger partial charge in [-0.1, -0.05) is 13.3 Å². The molecule has 2 saturated heterocycles. The van der Waals surface area contributed by atoms with Crippen LogP contribution in [0, 0.1) is 5.92 Å². The Hall–Kier alpha value is -0.810. The van der Waals surface area contributed by atoms with Crippen LogP contribution in [0.15, 0.2) is 0 Å². The van der Waals surface area contributed by atoms with Crippen molar-refractivity contribution in [3.8, 4) is 0 Å². The number of hydrogen-bond acceptors (Lipinski definition) is 3. The molecule has 0 saturated carbocycles. The summed E-state index contributed by atoms with van der Waals surface area (Å²) in [4.78, 5) is 16.9.